The smallest absolute Gasteiger partial charge is 0.338 e. The van der Waals surface area contributed by atoms with Gasteiger partial charge in [-0.3, -0.25) is 0 Å². The van der Waals surface area contributed by atoms with E-state index in [1.165, 1.54) is 12.1 Å². The van der Waals surface area contributed by atoms with Crippen molar-refractivity contribution in [3.63, 3.8) is 0 Å². The quantitative estimate of drug-likeness (QED) is 0.891. The first-order chi connectivity index (χ1) is 8.83. The van der Waals surface area contributed by atoms with Crippen LogP contribution in [0.2, 0.25) is 10.0 Å². The normalized spacial score (nSPS) is 16.1. The van der Waals surface area contributed by atoms with Gasteiger partial charge in [0.05, 0.1) is 15.6 Å². The molecular formula is C11H11Cl2NO4S. The van der Waals surface area contributed by atoms with Gasteiger partial charge < -0.3 is 5.11 Å². The third-order valence-corrected chi connectivity index (χ3v) is 5.37. The number of aromatic carboxylic acids is 1. The first-order valence-corrected chi connectivity index (χ1v) is 7.80. The monoisotopic (exact) mass is 323 g/mol. The lowest BCUT2D eigenvalue weighted by Crippen LogP contribution is -2.39. The molecule has 1 saturated carbocycles. The maximum absolute atomic E-state index is 12.1. The van der Waals surface area contributed by atoms with E-state index in [1.807, 2.05) is 0 Å². The molecule has 1 aromatic rings. The van der Waals surface area contributed by atoms with Crippen LogP contribution in [0.4, 0.5) is 0 Å². The van der Waals surface area contributed by atoms with E-state index >= 15 is 0 Å². The van der Waals surface area contributed by atoms with Gasteiger partial charge in [-0.1, -0.05) is 29.6 Å². The molecule has 2 N–H and O–H groups in total. The molecule has 104 valence electrons. The molecule has 2 rings (SSSR count). The van der Waals surface area contributed by atoms with Crippen molar-refractivity contribution in [1.82, 2.24) is 4.72 Å². The number of sulfonamides is 1. The van der Waals surface area contributed by atoms with Crippen molar-refractivity contribution in [3.8, 4) is 0 Å². The zero-order valence-electron chi connectivity index (χ0n) is 9.69. The van der Waals surface area contributed by atoms with E-state index in [4.69, 9.17) is 28.3 Å². The number of carboxylic acids is 1. The summed E-state index contributed by atoms with van der Waals surface area (Å²) in [5.74, 6) is -1.37. The lowest BCUT2D eigenvalue weighted by atomic mass is 9.94. The standard InChI is InChI=1S/C11H11Cl2NO4S/c12-7-4-5-8(10(13)9(7)11(15)16)19(17,18)14-6-2-1-3-6/h4-6,14H,1-3H2,(H,15,16). The van der Waals surface area contributed by atoms with Crippen LogP contribution in [0.15, 0.2) is 17.0 Å². The maximum atomic E-state index is 12.1. The Morgan fingerprint density at radius 2 is 1.95 bits per heavy atom. The Hall–Kier alpha value is -0.820. The van der Waals surface area contributed by atoms with Crippen molar-refractivity contribution in [2.45, 2.75) is 30.2 Å². The molecule has 0 unspecified atom stereocenters. The number of benzene rings is 1. The lowest BCUT2D eigenvalue weighted by Gasteiger charge is -2.26. The van der Waals surface area contributed by atoms with E-state index in [-0.39, 0.29) is 21.0 Å². The fourth-order valence-electron chi connectivity index (χ4n) is 1.75. The Morgan fingerprint density at radius 1 is 1.32 bits per heavy atom. The third-order valence-electron chi connectivity index (χ3n) is 2.99. The van der Waals surface area contributed by atoms with Crippen molar-refractivity contribution in [2.75, 3.05) is 0 Å². The Kier molecular flexibility index (Phi) is 4.06. The molecule has 0 atom stereocenters. The number of halogens is 2. The number of carboxylic acid groups (broad SMARTS) is 1. The molecule has 0 saturated heterocycles. The van der Waals surface area contributed by atoms with Crippen molar-refractivity contribution in [2.24, 2.45) is 0 Å². The summed E-state index contributed by atoms with van der Waals surface area (Å²) in [6, 6.07) is 2.31. The predicted octanol–water partition coefficient (Wildman–Crippen LogP) is 2.52. The van der Waals surface area contributed by atoms with Crippen molar-refractivity contribution in [1.29, 1.82) is 0 Å². The van der Waals surface area contributed by atoms with Crippen LogP contribution in [0.25, 0.3) is 0 Å². The van der Waals surface area contributed by atoms with Gasteiger partial charge in [0.2, 0.25) is 10.0 Å². The zero-order chi connectivity index (χ0) is 14.2. The van der Waals surface area contributed by atoms with Crippen LogP contribution in [0.5, 0.6) is 0 Å². The summed E-state index contributed by atoms with van der Waals surface area (Å²) in [5.41, 5.74) is -0.403. The van der Waals surface area contributed by atoms with Crippen LogP contribution in [0.3, 0.4) is 0 Å². The fraction of sp³-hybridized carbons (Fsp3) is 0.364. The van der Waals surface area contributed by atoms with Gasteiger partial charge in [0, 0.05) is 6.04 Å². The molecule has 1 fully saturated rings. The summed E-state index contributed by atoms with van der Waals surface area (Å²) < 4.78 is 26.7. The average molecular weight is 324 g/mol. The summed E-state index contributed by atoms with van der Waals surface area (Å²) in [7, 11) is -3.83. The molecular weight excluding hydrogens is 313 g/mol. The molecule has 0 bridgehead atoms. The molecule has 0 aliphatic heterocycles. The minimum Gasteiger partial charge on any atom is -0.478 e. The van der Waals surface area contributed by atoms with Gasteiger partial charge in [0.25, 0.3) is 0 Å². The van der Waals surface area contributed by atoms with Crippen LogP contribution >= 0.6 is 23.2 Å². The van der Waals surface area contributed by atoms with Gasteiger partial charge in [0.1, 0.15) is 4.90 Å². The van der Waals surface area contributed by atoms with Crippen LogP contribution in [0.1, 0.15) is 29.6 Å². The van der Waals surface area contributed by atoms with E-state index in [2.05, 4.69) is 4.72 Å². The molecule has 0 aromatic heterocycles. The highest BCUT2D eigenvalue weighted by Crippen LogP contribution is 2.32. The van der Waals surface area contributed by atoms with Gasteiger partial charge in [-0.05, 0) is 25.0 Å². The molecule has 1 aliphatic rings. The highest BCUT2D eigenvalue weighted by molar-refractivity contribution is 7.89. The van der Waals surface area contributed by atoms with Crippen LogP contribution in [0, 0.1) is 0 Å². The van der Waals surface area contributed by atoms with Gasteiger partial charge >= 0.3 is 5.97 Å². The zero-order valence-corrected chi connectivity index (χ0v) is 12.0. The molecule has 0 spiro atoms. The summed E-state index contributed by atoms with van der Waals surface area (Å²) in [6.07, 6.45) is 2.52. The van der Waals surface area contributed by atoms with E-state index in [1.54, 1.807) is 0 Å². The molecule has 1 aliphatic carbocycles. The molecule has 5 nitrogen and oxygen atoms in total. The summed E-state index contributed by atoms with van der Waals surface area (Å²) in [4.78, 5) is 10.8. The summed E-state index contributed by atoms with van der Waals surface area (Å²) >= 11 is 11.6. The topological polar surface area (TPSA) is 83.5 Å². The number of nitrogens with one attached hydrogen (secondary N) is 1. The SMILES string of the molecule is O=C(O)c1c(Cl)ccc(S(=O)(=O)NC2CCC2)c1Cl. The van der Waals surface area contributed by atoms with E-state index in [9.17, 15) is 13.2 Å². The van der Waals surface area contributed by atoms with Crippen molar-refractivity contribution < 1.29 is 18.3 Å². The molecule has 1 aromatic carbocycles. The summed E-state index contributed by atoms with van der Waals surface area (Å²) in [5, 5.41) is 8.53. The minimum absolute atomic E-state index is 0.0971. The summed E-state index contributed by atoms with van der Waals surface area (Å²) in [6.45, 7) is 0. The van der Waals surface area contributed by atoms with Gasteiger partial charge in [0.15, 0.2) is 0 Å². The fourth-order valence-corrected chi connectivity index (χ4v) is 3.97. The van der Waals surface area contributed by atoms with Crippen LogP contribution in [-0.2, 0) is 10.0 Å². The van der Waals surface area contributed by atoms with Crippen molar-refractivity contribution >= 4 is 39.2 Å². The number of hydrogen-bond donors (Lipinski definition) is 2. The molecule has 8 heteroatoms. The highest BCUT2D eigenvalue weighted by Gasteiger charge is 2.28. The Labute approximate surface area is 120 Å². The predicted molar refractivity (Wildman–Crippen MR) is 71.4 cm³/mol. The Morgan fingerprint density at radius 3 is 2.42 bits per heavy atom. The Bertz CT molecular complexity index is 626. The maximum Gasteiger partial charge on any atom is 0.338 e. The number of rotatable bonds is 4. The first kappa shape index (κ1) is 14.6. The molecule has 0 radical (unpaired) electrons. The third kappa shape index (κ3) is 2.86. The first-order valence-electron chi connectivity index (χ1n) is 5.56. The van der Waals surface area contributed by atoms with Crippen molar-refractivity contribution in [3.05, 3.63) is 27.7 Å². The highest BCUT2D eigenvalue weighted by atomic mass is 35.5. The average Bonchev–Trinajstić information content (AvgIpc) is 2.23. The second-order valence-corrected chi connectivity index (χ2v) is 6.76. The molecule has 19 heavy (non-hydrogen) atoms. The second kappa shape index (κ2) is 5.28. The van der Waals surface area contributed by atoms with E-state index in [0.717, 1.165) is 19.3 Å². The van der Waals surface area contributed by atoms with E-state index in [0.29, 0.717) is 0 Å². The number of hydrogen-bond acceptors (Lipinski definition) is 3. The second-order valence-electron chi connectivity index (χ2n) is 4.29. The molecule has 0 heterocycles. The Balaban J connectivity index is 2.44. The van der Waals surface area contributed by atoms with Gasteiger partial charge in [-0.2, -0.15) is 0 Å². The van der Waals surface area contributed by atoms with Gasteiger partial charge in [-0.25, -0.2) is 17.9 Å². The van der Waals surface area contributed by atoms with E-state index < -0.39 is 21.6 Å². The largest absolute Gasteiger partial charge is 0.478 e. The number of carbonyl (C=O) groups is 1. The minimum atomic E-state index is -3.83. The van der Waals surface area contributed by atoms with Crippen LogP contribution < -0.4 is 4.72 Å². The lowest BCUT2D eigenvalue weighted by molar-refractivity contribution is 0.0697. The van der Waals surface area contributed by atoms with Crippen LogP contribution in [-0.4, -0.2) is 25.5 Å². The van der Waals surface area contributed by atoms with Gasteiger partial charge in [-0.15, -0.1) is 0 Å². The molecule has 0 amide bonds.